The molecule has 1 amide bonds. The van der Waals surface area contributed by atoms with Crippen molar-refractivity contribution in [3.05, 3.63) is 82.4 Å². The lowest BCUT2D eigenvalue weighted by Crippen LogP contribution is -2.47. The standard InChI is InChI=1S/C29H36N4O4/c1-36-37-21-25(22-11-5-2-6-12-22)33-27(28(34)31-19-17-30-18-20-31)26(23-13-7-3-8-14-23)32(29(33)35)24-15-9-4-10-16-24/h2-3,5-8,11-14,24-25,30H,4,9-10,15-21H2,1H3. The normalized spacial score (nSPS) is 17.6. The van der Waals surface area contributed by atoms with Gasteiger partial charge in [-0.1, -0.05) is 79.9 Å². The number of benzene rings is 2. The van der Waals surface area contributed by atoms with Gasteiger partial charge in [0.2, 0.25) is 0 Å². The molecule has 0 bridgehead atoms. The topological polar surface area (TPSA) is 77.7 Å². The van der Waals surface area contributed by atoms with Crippen LogP contribution in [0.4, 0.5) is 0 Å². The molecule has 1 atom stereocenters. The SMILES string of the molecule is COOCC(c1ccccc1)n1c(C(=O)N2CCNCC2)c(-c2ccccc2)n(C2CCCCC2)c1=O. The molecular formula is C29H36N4O4. The summed E-state index contributed by atoms with van der Waals surface area (Å²) < 4.78 is 3.59. The Morgan fingerprint density at radius 1 is 0.973 bits per heavy atom. The van der Waals surface area contributed by atoms with Gasteiger partial charge in [0, 0.05) is 37.8 Å². The van der Waals surface area contributed by atoms with E-state index in [2.05, 4.69) is 5.32 Å². The van der Waals surface area contributed by atoms with Crippen LogP contribution in [0.5, 0.6) is 0 Å². The first-order valence-corrected chi connectivity index (χ1v) is 13.3. The average Bonchev–Trinajstić information content (AvgIpc) is 3.27. The summed E-state index contributed by atoms with van der Waals surface area (Å²) in [5.41, 5.74) is 2.73. The number of aromatic nitrogens is 2. The fraction of sp³-hybridized carbons (Fsp3) is 0.448. The van der Waals surface area contributed by atoms with E-state index in [9.17, 15) is 9.59 Å². The molecule has 8 nitrogen and oxygen atoms in total. The highest BCUT2D eigenvalue weighted by Gasteiger charge is 2.36. The maximum atomic E-state index is 14.5. The van der Waals surface area contributed by atoms with Gasteiger partial charge in [-0.3, -0.25) is 13.9 Å². The van der Waals surface area contributed by atoms with Crippen molar-refractivity contribution in [2.75, 3.05) is 39.9 Å². The van der Waals surface area contributed by atoms with Gasteiger partial charge in [-0.2, -0.15) is 0 Å². The summed E-state index contributed by atoms with van der Waals surface area (Å²) in [6, 6.07) is 19.2. The molecule has 1 N–H and O–H groups in total. The van der Waals surface area contributed by atoms with Crippen molar-refractivity contribution in [2.45, 2.75) is 44.2 Å². The highest BCUT2D eigenvalue weighted by Crippen LogP contribution is 2.35. The van der Waals surface area contributed by atoms with Crippen molar-refractivity contribution in [1.82, 2.24) is 19.4 Å². The number of rotatable bonds is 8. The third-order valence-electron chi connectivity index (χ3n) is 7.55. The molecule has 196 valence electrons. The summed E-state index contributed by atoms with van der Waals surface area (Å²) in [5.74, 6) is -0.120. The van der Waals surface area contributed by atoms with Crippen molar-refractivity contribution in [1.29, 1.82) is 0 Å². The van der Waals surface area contributed by atoms with Crippen molar-refractivity contribution in [3.8, 4) is 11.3 Å². The Morgan fingerprint density at radius 3 is 2.27 bits per heavy atom. The third kappa shape index (κ3) is 5.28. The minimum atomic E-state index is -0.525. The third-order valence-corrected chi connectivity index (χ3v) is 7.55. The fourth-order valence-corrected chi connectivity index (χ4v) is 5.72. The fourth-order valence-electron chi connectivity index (χ4n) is 5.72. The van der Waals surface area contributed by atoms with E-state index in [1.54, 1.807) is 4.57 Å². The van der Waals surface area contributed by atoms with Gasteiger partial charge in [0.25, 0.3) is 5.91 Å². The predicted molar refractivity (Wildman–Crippen MR) is 143 cm³/mol. The maximum Gasteiger partial charge on any atom is 0.330 e. The van der Waals surface area contributed by atoms with Gasteiger partial charge in [0.05, 0.1) is 18.8 Å². The lowest BCUT2D eigenvalue weighted by atomic mass is 9.94. The van der Waals surface area contributed by atoms with Crippen molar-refractivity contribution in [3.63, 3.8) is 0 Å². The maximum absolute atomic E-state index is 14.5. The zero-order valence-corrected chi connectivity index (χ0v) is 21.5. The minimum absolute atomic E-state index is 0.0482. The second-order valence-corrected chi connectivity index (χ2v) is 9.80. The summed E-state index contributed by atoms with van der Waals surface area (Å²) >= 11 is 0. The number of carbonyl (C=O) groups excluding carboxylic acids is 1. The Bertz CT molecular complexity index is 1230. The number of piperazine rings is 1. The first-order chi connectivity index (χ1) is 18.2. The van der Waals surface area contributed by atoms with Crippen LogP contribution in [0.1, 0.15) is 60.2 Å². The first kappa shape index (κ1) is 25.4. The lowest BCUT2D eigenvalue weighted by molar-refractivity contribution is -0.276. The van der Waals surface area contributed by atoms with Gasteiger partial charge in [0.1, 0.15) is 12.3 Å². The molecule has 2 heterocycles. The van der Waals surface area contributed by atoms with Gasteiger partial charge in [-0.25, -0.2) is 14.6 Å². The van der Waals surface area contributed by atoms with Gasteiger partial charge in [0.15, 0.2) is 0 Å². The van der Waals surface area contributed by atoms with E-state index in [1.165, 1.54) is 13.5 Å². The second-order valence-electron chi connectivity index (χ2n) is 9.80. The number of nitrogens with one attached hydrogen (secondary N) is 1. The molecule has 1 aliphatic carbocycles. The van der Waals surface area contributed by atoms with E-state index in [4.69, 9.17) is 9.78 Å². The van der Waals surface area contributed by atoms with Crippen molar-refractivity contribution >= 4 is 5.91 Å². The van der Waals surface area contributed by atoms with Crippen LogP contribution in [0.3, 0.4) is 0 Å². The highest BCUT2D eigenvalue weighted by atomic mass is 17.2. The number of imidazole rings is 1. The molecule has 8 heteroatoms. The molecule has 1 saturated carbocycles. The smallest absolute Gasteiger partial charge is 0.330 e. The molecule has 37 heavy (non-hydrogen) atoms. The largest absolute Gasteiger partial charge is 0.335 e. The zero-order chi connectivity index (χ0) is 25.6. The average molecular weight is 505 g/mol. The molecular weight excluding hydrogens is 468 g/mol. The molecule has 1 aromatic heterocycles. The van der Waals surface area contributed by atoms with Crippen LogP contribution in [-0.4, -0.2) is 59.8 Å². The van der Waals surface area contributed by atoms with Crippen molar-refractivity contribution in [2.24, 2.45) is 0 Å². The summed E-state index contributed by atoms with van der Waals surface area (Å²) in [4.78, 5) is 41.1. The Labute approximate surface area is 217 Å². The number of hydrogen-bond donors (Lipinski definition) is 1. The van der Waals surface area contributed by atoms with E-state index < -0.39 is 6.04 Å². The number of hydrogen-bond acceptors (Lipinski definition) is 5. The van der Waals surface area contributed by atoms with Gasteiger partial charge < -0.3 is 10.2 Å². The van der Waals surface area contributed by atoms with Crippen LogP contribution in [0.15, 0.2) is 65.5 Å². The minimum Gasteiger partial charge on any atom is -0.335 e. The molecule has 5 rings (SSSR count). The van der Waals surface area contributed by atoms with Crippen LogP contribution in [0, 0.1) is 0 Å². The molecule has 1 unspecified atom stereocenters. The van der Waals surface area contributed by atoms with Crippen LogP contribution >= 0.6 is 0 Å². The number of carbonyl (C=O) groups is 1. The Morgan fingerprint density at radius 2 is 1.62 bits per heavy atom. The first-order valence-electron chi connectivity index (χ1n) is 13.3. The van der Waals surface area contributed by atoms with E-state index in [0.29, 0.717) is 24.5 Å². The van der Waals surface area contributed by atoms with Gasteiger partial charge in [-0.15, -0.1) is 0 Å². The zero-order valence-electron chi connectivity index (χ0n) is 21.5. The van der Waals surface area contributed by atoms with Crippen LogP contribution in [-0.2, 0) is 9.78 Å². The van der Waals surface area contributed by atoms with E-state index in [-0.39, 0.29) is 24.2 Å². The Hall–Kier alpha value is -3.20. The Balaban J connectivity index is 1.78. The lowest BCUT2D eigenvalue weighted by Gasteiger charge is -2.29. The molecule has 1 saturated heterocycles. The molecule has 0 spiro atoms. The van der Waals surface area contributed by atoms with E-state index >= 15 is 0 Å². The summed E-state index contributed by atoms with van der Waals surface area (Å²) in [5, 5.41) is 3.32. The molecule has 2 aliphatic rings. The molecule has 2 fully saturated rings. The molecule has 3 aromatic rings. The van der Waals surface area contributed by atoms with Crippen LogP contribution < -0.4 is 11.0 Å². The van der Waals surface area contributed by atoms with Crippen LogP contribution in [0.25, 0.3) is 11.3 Å². The predicted octanol–water partition coefficient (Wildman–Crippen LogP) is 4.03. The summed E-state index contributed by atoms with van der Waals surface area (Å²) in [6.45, 7) is 2.76. The highest BCUT2D eigenvalue weighted by molar-refractivity contribution is 5.99. The number of nitrogens with zero attached hydrogens (tertiary/aromatic N) is 3. The van der Waals surface area contributed by atoms with E-state index in [1.807, 2.05) is 70.1 Å². The monoisotopic (exact) mass is 504 g/mol. The van der Waals surface area contributed by atoms with Gasteiger partial charge in [-0.05, 0) is 18.4 Å². The molecule has 1 aliphatic heterocycles. The summed E-state index contributed by atoms with van der Waals surface area (Å²) in [7, 11) is 1.46. The Kier molecular flexibility index (Phi) is 8.18. The van der Waals surface area contributed by atoms with Gasteiger partial charge >= 0.3 is 5.69 Å². The van der Waals surface area contributed by atoms with Crippen molar-refractivity contribution < 1.29 is 14.6 Å². The molecule has 0 radical (unpaired) electrons. The quantitative estimate of drug-likeness (QED) is 0.370. The molecule has 2 aromatic carbocycles. The van der Waals surface area contributed by atoms with E-state index in [0.717, 1.165) is 49.9 Å². The number of amides is 1. The van der Waals surface area contributed by atoms with Crippen LogP contribution in [0.2, 0.25) is 0 Å². The second kappa shape index (κ2) is 11.9. The summed E-state index contributed by atoms with van der Waals surface area (Å²) in [6.07, 6.45) is 5.18.